The van der Waals surface area contributed by atoms with E-state index in [0.717, 1.165) is 10.5 Å². The van der Waals surface area contributed by atoms with Crippen molar-refractivity contribution in [2.75, 3.05) is 13.2 Å². The number of carbonyl (C=O) groups excluding carboxylic acids is 4. The molecule has 0 saturated carbocycles. The predicted molar refractivity (Wildman–Crippen MR) is 120 cm³/mol. The maximum atomic E-state index is 12.6. The number of benzene rings is 2. The lowest BCUT2D eigenvalue weighted by Crippen LogP contribution is -2.34. The molecular formula is C21H16Cl4N2O5. The van der Waals surface area contributed by atoms with Gasteiger partial charge in [-0.1, -0.05) is 76.7 Å². The average molecular weight is 518 g/mol. The van der Waals surface area contributed by atoms with Crippen molar-refractivity contribution in [3.05, 3.63) is 67.1 Å². The van der Waals surface area contributed by atoms with Crippen LogP contribution >= 0.6 is 46.4 Å². The normalized spacial score (nSPS) is 13.7. The van der Waals surface area contributed by atoms with Crippen LogP contribution in [0.2, 0.25) is 20.1 Å². The lowest BCUT2D eigenvalue weighted by molar-refractivity contribution is -0.148. The number of fused-ring (bicyclic) bond motifs is 1. The van der Waals surface area contributed by atoms with E-state index in [4.69, 9.17) is 51.1 Å². The first-order valence-electron chi connectivity index (χ1n) is 9.35. The molecule has 1 heterocycles. The highest BCUT2D eigenvalue weighted by molar-refractivity contribution is 6.55. The van der Waals surface area contributed by atoms with E-state index >= 15 is 0 Å². The van der Waals surface area contributed by atoms with Crippen molar-refractivity contribution in [2.24, 2.45) is 0 Å². The van der Waals surface area contributed by atoms with Crippen molar-refractivity contribution in [3.8, 4) is 0 Å². The van der Waals surface area contributed by atoms with E-state index in [0.29, 0.717) is 0 Å². The molecule has 3 amide bonds. The molecule has 168 valence electrons. The second-order valence-electron chi connectivity index (χ2n) is 6.88. The number of imide groups is 1. The third-order valence-electron chi connectivity index (χ3n) is 4.77. The van der Waals surface area contributed by atoms with Gasteiger partial charge in [0.2, 0.25) is 0 Å². The van der Waals surface area contributed by atoms with Crippen molar-refractivity contribution < 1.29 is 23.9 Å². The zero-order valence-electron chi connectivity index (χ0n) is 16.6. The van der Waals surface area contributed by atoms with Gasteiger partial charge in [-0.2, -0.15) is 0 Å². The third kappa shape index (κ3) is 4.86. The summed E-state index contributed by atoms with van der Waals surface area (Å²) in [6.07, 6.45) is -0.330. The molecule has 32 heavy (non-hydrogen) atoms. The van der Waals surface area contributed by atoms with Gasteiger partial charge in [0, 0.05) is 6.54 Å². The summed E-state index contributed by atoms with van der Waals surface area (Å²) in [5.74, 6) is -2.76. The fourth-order valence-corrected chi connectivity index (χ4v) is 4.14. The van der Waals surface area contributed by atoms with Crippen LogP contribution in [0.5, 0.6) is 0 Å². The number of nitrogens with zero attached hydrogens (tertiary/aromatic N) is 1. The van der Waals surface area contributed by atoms with Crippen LogP contribution in [0.15, 0.2) is 30.3 Å². The van der Waals surface area contributed by atoms with Gasteiger partial charge in [0.15, 0.2) is 6.61 Å². The summed E-state index contributed by atoms with van der Waals surface area (Å²) in [5, 5.41) is 2.04. The number of halogens is 4. The largest absolute Gasteiger partial charge is 0.456 e. The van der Waals surface area contributed by atoms with Crippen molar-refractivity contribution in [1.29, 1.82) is 0 Å². The van der Waals surface area contributed by atoms with Gasteiger partial charge in [0.1, 0.15) is 0 Å². The minimum Gasteiger partial charge on any atom is -0.456 e. The quantitative estimate of drug-likeness (QED) is 0.248. The SMILES string of the molecule is C[C@H](NC(=O)COC(=O)CCN1C(=O)c2c(Cl)c(Cl)c(Cl)c(Cl)c2C1=O)c1ccccc1. The van der Waals surface area contributed by atoms with E-state index < -0.39 is 30.3 Å². The molecule has 2 aromatic carbocycles. The summed E-state index contributed by atoms with van der Waals surface area (Å²) in [5.41, 5.74) is 0.563. The second kappa shape index (κ2) is 10.1. The van der Waals surface area contributed by atoms with E-state index in [1.165, 1.54) is 0 Å². The Morgan fingerprint density at radius 2 is 1.47 bits per heavy atom. The van der Waals surface area contributed by atoms with Gasteiger partial charge in [-0.3, -0.25) is 24.1 Å². The minimum atomic E-state index is -0.766. The number of hydrogen-bond donors (Lipinski definition) is 1. The summed E-state index contributed by atoms with van der Waals surface area (Å²) < 4.78 is 4.94. The Hall–Kier alpha value is -2.32. The van der Waals surface area contributed by atoms with Crippen LogP contribution in [-0.4, -0.2) is 41.7 Å². The zero-order valence-corrected chi connectivity index (χ0v) is 19.6. The van der Waals surface area contributed by atoms with Gasteiger partial charge in [-0.25, -0.2) is 0 Å². The predicted octanol–water partition coefficient (Wildman–Crippen LogP) is 4.71. The van der Waals surface area contributed by atoms with Crippen molar-refractivity contribution in [2.45, 2.75) is 19.4 Å². The van der Waals surface area contributed by atoms with Crippen LogP contribution in [-0.2, 0) is 14.3 Å². The monoisotopic (exact) mass is 516 g/mol. The molecule has 0 spiro atoms. The molecule has 3 rings (SSSR count). The first kappa shape index (κ1) is 24.3. The first-order valence-corrected chi connectivity index (χ1v) is 10.9. The van der Waals surface area contributed by atoms with Crippen LogP contribution in [0.3, 0.4) is 0 Å². The topological polar surface area (TPSA) is 92.8 Å². The number of carbonyl (C=O) groups is 4. The Kier molecular flexibility index (Phi) is 7.67. The highest BCUT2D eigenvalue weighted by Crippen LogP contribution is 2.44. The Balaban J connectivity index is 1.54. The summed E-state index contributed by atoms with van der Waals surface area (Å²) in [6, 6.07) is 9.00. The summed E-state index contributed by atoms with van der Waals surface area (Å²) in [6.45, 7) is 1.00. The van der Waals surface area contributed by atoms with E-state index in [2.05, 4.69) is 5.32 Å². The van der Waals surface area contributed by atoms with Gasteiger partial charge < -0.3 is 10.1 Å². The lowest BCUT2D eigenvalue weighted by Gasteiger charge is -2.15. The number of amides is 3. The number of ether oxygens (including phenoxy) is 1. The van der Waals surface area contributed by atoms with Gasteiger partial charge in [-0.05, 0) is 12.5 Å². The number of esters is 1. The van der Waals surface area contributed by atoms with Gasteiger partial charge in [-0.15, -0.1) is 0 Å². The zero-order chi connectivity index (χ0) is 23.6. The molecule has 1 atom stereocenters. The summed E-state index contributed by atoms with van der Waals surface area (Å²) >= 11 is 24.0. The number of nitrogens with one attached hydrogen (secondary N) is 1. The Morgan fingerprint density at radius 1 is 0.938 bits per heavy atom. The van der Waals surface area contributed by atoms with Crippen molar-refractivity contribution in [3.63, 3.8) is 0 Å². The molecule has 11 heteroatoms. The number of rotatable bonds is 7. The molecular weight excluding hydrogens is 502 g/mol. The molecule has 1 aliphatic heterocycles. The highest BCUT2D eigenvalue weighted by atomic mass is 35.5. The van der Waals surface area contributed by atoms with Gasteiger partial charge in [0.05, 0.1) is 43.7 Å². The smallest absolute Gasteiger partial charge is 0.308 e. The Bertz CT molecular complexity index is 1060. The fourth-order valence-electron chi connectivity index (χ4n) is 3.13. The third-order valence-corrected chi connectivity index (χ3v) is 6.57. The Morgan fingerprint density at radius 3 is 2.00 bits per heavy atom. The maximum Gasteiger partial charge on any atom is 0.308 e. The van der Waals surface area contributed by atoms with Crippen LogP contribution in [0.25, 0.3) is 0 Å². The lowest BCUT2D eigenvalue weighted by atomic mass is 10.1. The second-order valence-corrected chi connectivity index (χ2v) is 8.39. The highest BCUT2D eigenvalue weighted by Gasteiger charge is 2.41. The molecule has 0 fully saturated rings. The van der Waals surface area contributed by atoms with Gasteiger partial charge in [0.25, 0.3) is 17.7 Å². The fraction of sp³-hybridized carbons (Fsp3) is 0.238. The van der Waals surface area contributed by atoms with E-state index in [9.17, 15) is 19.2 Å². The van der Waals surface area contributed by atoms with Crippen LogP contribution < -0.4 is 5.32 Å². The molecule has 0 radical (unpaired) electrons. The Labute approximate surface area is 203 Å². The molecule has 1 N–H and O–H groups in total. The van der Waals surface area contributed by atoms with E-state index in [1.807, 2.05) is 30.3 Å². The molecule has 7 nitrogen and oxygen atoms in total. The maximum absolute atomic E-state index is 12.6. The molecule has 0 unspecified atom stereocenters. The van der Waals surface area contributed by atoms with E-state index in [1.54, 1.807) is 6.92 Å². The minimum absolute atomic E-state index is 0.143. The van der Waals surface area contributed by atoms with Crippen molar-refractivity contribution in [1.82, 2.24) is 10.2 Å². The average Bonchev–Trinajstić information content (AvgIpc) is 3.03. The van der Waals surface area contributed by atoms with Gasteiger partial charge >= 0.3 is 5.97 Å². The molecule has 0 aliphatic carbocycles. The van der Waals surface area contributed by atoms with E-state index in [-0.39, 0.29) is 50.2 Å². The standard InChI is InChI=1S/C21H16Cl4N2O5/c1-10(11-5-3-2-4-6-11)26-12(28)9-32-13(29)7-8-27-20(30)14-15(21(27)31)17(23)19(25)18(24)16(14)22/h2-6,10H,7-9H2,1H3,(H,26,28)/t10-/m0/s1. The first-order chi connectivity index (χ1) is 15.1. The summed E-state index contributed by atoms with van der Waals surface area (Å²) in [7, 11) is 0. The van der Waals surface area contributed by atoms with Crippen molar-refractivity contribution >= 4 is 70.1 Å². The number of hydrogen-bond acceptors (Lipinski definition) is 5. The van der Waals surface area contributed by atoms with Crippen LogP contribution in [0.1, 0.15) is 45.7 Å². The molecule has 0 bridgehead atoms. The molecule has 0 aromatic heterocycles. The molecule has 0 saturated heterocycles. The van der Waals surface area contributed by atoms with Crippen LogP contribution in [0.4, 0.5) is 0 Å². The summed E-state index contributed by atoms with van der Waals surface area (Å²) in [4.78, 5) is 50.1. The molecule has 2 aromatic rings. The van der Waals surface area contributed by atoms with Crippen LogP contribution in [0, 0.1) is 0 Å². The molecule has 1 aliphatic rings.